The molecule has 1 fully saturated rings. The maximum absolute atomic E-state index is 9.07. The average Bonchev–Trinajstić information content (AvgIpc) is 2.69. The van der Waals surface area contributed by atoms with Crippen molar-refractivity contribution < 1.29 is 0 Å². The van der Waals surface area contributed by atoms with Crippen LogP contribution in [0.4, 0.5) is 0 Å². The minimum Gasteiger partial charge on any atom is -0.310 e. The summed E-state index contributed by atoms with van der Waals surface area (Å²) in [5.41, 5.74) is 4.16. The summed E-state index contributed by atoms with van der Waals surface area (Å²) in [5.74, 6) is 0. The van der Waals surface area contributed by atoms with Gasteiger partial charge in [-0.15, -0.1) is 0 Å². The number of nitriles is 1. The highest BCUT2D eigenvalue weighted by Gasteiger charge is 2.33. The summed E-state index contributed by atoms with van der Waals surface area (Å²) in [7, 11) is 0. The molecule has 0 bridgehead atoms. The van der Waals surface area contributed by atoms with Crippen molar-refractivity contribution in [2.75, 3.05) is 0 Å². The van der Waals surface area contributed by atoms with E-state index in [1.807, 2.05) is 0 Å². The molecule has 2 aromatic carbocycles. The van der Waals surface area contributed by atoms with Crippen molar-refractivity contribution >= 4 is 0 Å². The van der Waals surface area contributed by atoms with Crippen LogP contribution in [0.3, 0.4) is 0 Å². The fraction of sp³-hybridized carbons (Fsp3) is 0.435. The molecule has 130 valence electrons. The smallest absolute Gasteiger partial charge is 0.0627 e. The molecule has 3 rings (SSSR count). The van der Waals surface area contributed by atoms with Crippen LogP contribution in [0.15, 0.2) is 54.6 Å². The molecule has 1 N–H and O–H groups in total. The first-order valence-corrected chi connectivity index (χ1v) is 9.49. The molecule has 1 aliphatic rings. The molecule has 2 aromatic rings. The minimum absolute atomic E-state index is 0.282. The van der Waals surface area contributed by atoms with Crippen LogP contribution in [0, 0.1) is 16.7 Å². The molecule has 0 saturated heterocycles. The van der Waals surface area contributed by atoms with Gasteiger partial charge in [0.25, 0.3) is 0 Å². The van der Waals surface area contributed by atoms with E-state index >= 15 is 0 Å². The van der Waals surface area contributed by atoms with Crippen LogP contribution in [0.25, 0.3) is 11.1 Å². The van der Waals surface area contributed by atoms with Gasteiger partial charge in [0.15, 0.2) is 0 Å². The van der Waals surface area contributed by atoms with Crippen molar-refractivity contribution in [3.05, 3.63) is 60.2 Å². The molecule has 2 nitrogen and oxygen atoms in total. The average molecular weight is 332 g/mol. The Morgan fingerprint density at radius 1 is 1.00 bits per heavy atom. The Bertz CT molecular complexity index is 689. The van der Waals surface area contributed by atoms with E-state index in [9.17, 15) is 0 Å². The first-order chi connectivity index (χ1) is 12.2. The molecule has 1 aliphatic carbocycles. The fourth-order valence-electron chi connectivity index (χ4n) is 3.97. The molecule has 1 saturated carbocycles. The summed E-state index contributed by atoms with van der Waals surface area (Å²) in [6, 6.07) is 22.4. The number of rotatable bonds is 6. The standard InChI is InChI=1S/C23H28N2/c1-2-23(16-17-24)14-12-22(13-15-23)25-18-19-8-10-21(11-9-19)20-6-4-3-5-7-20/h3-11,22,25H,2,12-16,18H2,1H3. The highest BCUT2D eigenvalue weighted by atomic mass is 14.9. The molecule has 0 spiro atoms. The molecule has 0 aromatic heterocycles. The first-order valence-electron chi connectivity index (χ1n) is 9.49. The van der Waals surface area contributed by atoms with Crippen molar-refractivity contribution in [2.24, 2.45) is 5.41 Å². The van der Waals surface area contributed by atoms with E-state index in [-0.39, 0.29) is 5.41 Å². The van der Waals surface area contributed by atoms with Gasteiger partial charge in [-0.2, -0.15) is 5.26 Å². The van der Waals surface area contributed by atoms with Crippen molar-refractivity contribution in [3.63, 3.8) is 0 Å². The van der Waals surface area contributed by atoms with Crippen LogP contribution in [0.1, 0.15) is 51.0 Å². The highest BCUT2D eigenvalue weighted by molar-refractivity contribution is 5.63. The molecular formula is C23H28N2. The van der Waals surface area contributed by atoms with Gasteiger partial charge in [0, 0.05) is 19.0 Å². The van der Waals surface area contributed by atoms with E-state index < -0.39 is 0 Å². The zero-order valence-electron chi connectivity index (χ0n) is 15.2. The predicted octanol–water partition coefficient (Wildman–Crippen LogP) is 5.70. The van der Waals surface area contributed by atoms with Crippen LogP contribution >= 0.6 is 0 Å². The fourth-order valence-corrected chi connectivity index (χ4v) is 3.97. The Morgan fingerprint density at radius 3 is 2.24 bits per heavy atom. The lowest BCUT2D eigenvalue weighted by atomic mass is 9.69. The third kappa shape index (κ3) is 4.50. The van der Waals surface area contributed by atoms with Crippen molar-refractivity contribution in [3.8, 4) is 17.2 Å². The van der Waals surface area contributed by atoms with E-state index in [1.54, 1.807) is 0 Å². The zero-order chi connectivity index (χ0) is 17.5. The summed E-state index contributed by atoms with van der Waals surface area (Å²) in [4.78, 5) is 0. The number of nitrogens with zero attached hydrogens (tertiary/aromatic N) is 1. The molecule has 2 heteroatoms. The van der Waals surface area contributed by atoms with Gasteiger partial charge in [0.1, 0.15) is 0 Å². The Kier molecular flexibility index (Phi) is 5.89. The van der Waals surface area contributed by atoms with E-state index in [1.165, 1.54) is 42.4 Å². The van der Waals surface area contributed by atoms with E-state index in [0.29, 0.717) is 6.04 Å². The van der Waals surface area contributed by atoms with Crippen molar-refractivity contribution in [1.29, 1.82) is 5.26 Å². The molecule has 0 heterocycles. The van der Waals surface area contributed by atoms with Crippen LogP contribution in [0.5, 0.6) is 0 Å². The van der Waals surface area contributed by atoms with Gasteiger partial charge in [-0.1, -0.05) is 61.5 Å². The summed E-state index contributed by atoms with van der Waals surface area (Å²) in [6.07, 6.45) is 6.60. The lowest BCUT2D eigenvalue weighted by Gasteiger charge is -2.38. The van der Waals surface area contributed by atoms with Gasteiger partial charge in [0.05, 0.1) is 6.07 Å². The topological polar surface area (TPSA) is 35.8 Å². The number of hydrogen-bond donors (Lipinski definition) is 1. The van der Waals surface area contributed by atoms with Crippen LogP contribution in [-0.4, -0.2) is 6.04 Å². The lowest BCUT2D eigenvalue weighted by Crippen LogP contribution is -2.37. The van der Waals surface area contributed by atoms with Crippen molar-refractivity contribution in [1.82, 2.24) is 5.32 Å². The second kappa shape index (κ2) is 8.32. The monoisotopic (exact) mass is 332 g/mol. The summed E-state index contributed by atoms with van der Waals surface area (Å²) < 4.78 is 0. The SMILES string of the molecule is CCC1(CC#N)CCC(NCc2ccc(-c3ccccc3)cc2)CC1. The van der Waals surface area contributed by atoms with Gasteiger partial charge in [0.2, 0.25) is 0 Å². The number of hydrogen-bond acceptors (Lipinski definition) is 2. The Labute approximate surface area is 151 Å². The largest absolute Gasteiger partial charge is 0.310 e. The van der Waals surface area contributed by atoms with E-state index in [4.69, 9.17) is 5.26 Å². The van der Waals surface area contributed by atoms with Gasteiger partial charge in [-0.05, 0) is 54.2 Å². The second-order valence-electron chi connectivity index (χ2n) is 7.41. The number of nitrogens with one attached hydrogen (secondary N) is 1. The van der Waals surface area contributed by atoms with Gasteiger partial charge in [-0.3, -0.25) is 0 Å². The third-order valence-electron chi connectivity index (χ3n) is 5.91. The molecule has 0 aliphatic heterocycles. The van der Waals surface area contributed by atoms with Crippen LogP contribution in [-0.2, 0) is 6.54 Å². The second-order valence-corrected chi connectivity index (χ2v) is 7.41. The van der Waals surface area contributed by atoms with E-state index in [2.05, 4.69) is 72.9 Å². The molecule has 0 atom stereocenters. The molecule has 0 amide bonds. The summed E-state index contributed by atoms with van der Waals surface area (Å²) in [5, 5.41) is 12.8. The van der Waals surface area contributed by atoms with Crippen LogP contribution in [0.2, 0.25) is 0 Å². The summed E-state index contributed by atoms with van der Waals surface area (Å²) in [6.45, 7) is 3.16. The third-order valence-corrected chi connectivity index (χ3v) is 5.91. The van der Waals surface area contributed by atoms with Crippen LogP contribution < -0.4 is 5.32 Å². The minimum atomic E-state index is 0.282. The molecular weight excluding hydrogens is 304 g/mol. The Hall–Kier alpha value is -2.11. The molecule has 25 heavy (non-hydrogen) atoms. The Morgan fingerprint density at radius 2 is 1.64 bits per heavy atom. The van der Waals surface area contributed by atoms with E-state index in [0.717, 1.165) is 19.4 Å². The maximum Gasteiger partial charge on any atom is 0.0627 e. The van der Waals surface area contributed by atoms with Gasteiger partial charge >= 0.3 is 0 Å². The number of benzene rings is 2. The maximum atomic E-state index is 9.07. The zero-order valence-corrected chi connectivity index (χ0v) is 15.2. The molecule has 0 radical (unpaired) electrons. The van der Waals surface area contributed by atoms with Gasteiger partial charge < -0.3 is 5.32 Å². The summed E-state index contributed by atoms with van der Waals surface area (Å²) >= 11 is 0. The predicted molar refractivity (Wildman–Crippen MR) is 104 cm³/mol. The first kappa shape index (κ1) is 17.7. The molecule has 0 unspecified atom stereocenters. The highest BCUT2D eigenvalue weighted by Crippen LogP contribution is 2.41. The quantitative estimate of drug-likeness (QED) is 0.737. The lowest BCUT2D eigenvalue weighted by molar-refractivity contribution is 0.159. The van der Waals surface area contributed by atoms with Gasteiger partial charge in [-0.25, -0.2) is 0 Å². The normalized spacial score (nSPS) is 23.1. The Balaban J connectivity index is 1.51. The van der Waals surface area contributed by atoms with Crippen molar-refractivity contribution in [2.45, 2.75) is 58.0 Å².